The minimum Gasteiger partial charge on any atom is -0.464 e. The van der Waals surface area contributed by atoms with Crippen LogP contribution in [0, 0.1) is 17.8 Å². The van der Waals surface area contributed by atoms with Crippen molar-refractivity contribution in [1.82, 2.24) is 0 Å². The summed E-state index contributed by atoms with van der Waals surface area (Å²) in [6.07, 6.45) is 7.75. The number of carbonyl (C=O) groups is 1. The van der Waals surface area contributed by atoms with Crippen molar-refractivity contribution in [2.24, 2.45) is 17.8 Å². The van der Waals surface area contributed by atoms with E-state index in [1.165, 1.54) is 38.5 Å². The van der Waals surface area contributed by atoms with Crippen LogP contribution in [0.25, 0.3) is 0 Å². The second-order valence-electron chi connectivity index (χ2n) is 11.1. The number of hydrogen-bond acceptors (Lipinski definition) is 2. The first-order valence-corrected chi connectivity index (χ1v) is 21.1. The minimum atomic E-state index is -1.99. The monoisotopic (exact) mass is 368 g/mol. The Balaban J connectivity index is 1.86. The van der Waals surface area contributed by atoms with Crippen molar-refractivity contribution in [3.8, 4) is 0 Å². The van der Waals surface area contributed by atoms with Crippen LogP contribution in [0.2, 0.25) is 45.8 Å². The van der Waals surface area contributed by atoms with E-state index in [9.17, 15) is 4.79 Å². The van der Waals surface area contributed by atoms with Gasteiger partial charge < -0.3 is 4.74 Å². The first kappa shape index (κ1) is 17.9. The van der Waals surface area contributed by atoms with E-state index in [-0.39, 0.29) is 5.60 Å². The molecule has 4 rings (SSSR count). The Hall–Kier alpha value is 0.121. The lowest BCUT2D eigenvalue weighted by atomic mass is 9.54. The van der Waals surface area contributed by atoms with Crippen LogP contribution in [0.4, 0.5) is 4.79 Å². The Kier molecular flexibility index (Phi) is 4.14. The highest BCUT2D eigenvalue weighted by Crippen LogP contribution is 2.57. The SMILES string of the molecule is C[Si](C)(C)[Si](C)(C(=O)OC12CC3CC(CC(C3)C1)C2)[Si](C)(C)C. The highest BCUT2D eigenvalue weighted by atomic mass is 29.6. The van der Waals surface area contributed by atoms with E-state index in [1.54, 1.807) is 0 Å². The van der Waals surface area contributed by atoms with Crippen molar-refractivity contribution in [3.05, 3.63) is 0 Å². The molecule has 4 bridgehead atoms. The molecule has 0 atom stereocenters. The molecule has 0 N–H and O–H groups in total. The number of hydrogen-bond donors (Lipinski definition) is 0. The van der Waals surface area contributed by atoms with E-state index in [0.717, 1.165) is 17.8 Å². The Morgan fingerprint density at radius 3 is 1.43 bits per heavy atom. The van der Waals surface area contributed by atoms with Gasteiger partial charge in [0.05, 0.1) is 0 Å². The maximum absolute atomic E-state index is 13.6. The lowest BCUT2D eigenvalue weighted by molar-refractivity contribution is -0.122. The van der Waals surface area contributed by atoms with Gasteiger partial charge in [-0.2, -0.15) is 0 Å². The molecule has 0 amide bonds. The van der Waals surface area contributed by atoms with Crippen LogP contribution in [0.5, 0.6) is 0 Å². The predicted octanol–water partition coefficient (Wildman–Crippen LogP) is 5.59. The fraction of sp³-hybridized carbons (Fsp3) is 0.944. The first-order valence-electron chi connectivity index (χ1n) is 9.60. The van der Waals surface area contributed by atoms with E-state index in [4.69, 9.17) is 4.74 Å². The van der Waals surface area contributed by atoms with Crippen molar-refractivity contribution >= 4 is 27.9 Å². The summed E-state index contributed by atoms with van der Waals surface area (Å²) < 4.78 is 6.56. The Labute approximate surface area is 145 Å². The van der Waals surface area contributed by atoms with Crippen LogP contribution >= 0.6 is 0 Å². The lowest BCUT2D eigenvalue weighted by Gasteiger charge is -2.57. The van der Waals surface area contributed by atoms with E-state index in [2.05, 4.69) is 45.8 Å². The predicted molar refractivity (Wildman–Crippen MR) is 106 cm³/mol. The van der Waals surface area contributed by atoms with E-state index in [0.29, 0.717) is 5.59 Å². The van der Waals surface area contributed by atoms with Gasteiger partial charge in [-0.25, -0.2) is 0 Å². The third kappa shape index (κ3) is 2.84. The van der Waals surface area contributed by atoms with Crippen LogP contribution in [0.3, 0.4) is 0 Å². The molecule has 0 aromatic carbocycles. The van der Waals surface area contributed by atoms with E-state index < -0.39 is 22.3 Å². The van der Waals surface area contributed by atoms with Gasteiger partial charge in [-0.3, -0.25) is 4.79 Å². The largest absolute Gasteiger partial charge is 0.464 e. The van der Waals surface area contributed by atoms with Crippen molar-refractivity contribution in [2.45, 2.75) is 90.0 Å². The Morgan fingerprint density at radius 1 is 0.783 bits per heavy atom. The standard InChI is InChI=1S/C18H36O2Si3/c1-21(2,3)23(7,22(4,5)6)17(19)20-18-11-14-8-15(12-18)10-16(9-14)13-18/h14-16H,8-13H2,1-7H3. The molecule has 23 heavy (non-hydrogen) atoms. The summed E-state index contributed by atoms with van der Waals surface area (Å²) in [5.74, 6) is 2.54. The zero-order chi connectivity index (χ0) is 17.3. The van der Waals surface area contributed by atoms with Crippen LogP contribution in [0.1, 0.15) is 38.5 Å². The fourth-order valence-electron chi connectivity index (χ4n) is 6.19. The molecule has 4 fully saturated rings. The number of carbonyl (C=O) groups excluding carboxylic acids is 1. The average Bonchev–Trinajstić information content (AvgIpc) is 2.32. The molecular formula is C18H36O2Si3. The summed E-state index contributed by atoms with van der Waals surface area (Å²) in [4.78, 5) is 13.6. The third-order valence-electron chi connectivity index (χ3n) is 7.70. The average molecular weight is 369 g/mol. The maximum Gasteiger partial charge on any atom is 0.266 e. The molecule has 0 aliphatic heterocycles. The summed E-state index contributed by atoms with van der Waals surface area (Å²) in [5, 5.41) is 0. The van der Waals surface area contributed by atoms with Crippen molar-refractivity contribution in [2.75, 3.05) is 0 Å². The van der Waals surface area contributed by atoms with Gasteiger partial charge in [0.2, 0.25) is 0 Å². The molecule has 0 radical (unpaired) electrons. The fourth-order valence-corrected chi connectivity index (χ4v) is 41.1. The maximum atomic E-state index is 13.6. The molecule has 0 saturated heterocycles. The van der Waals surface area contributed by atoms with Gasteiger partial charge in [0.15, 0.2) is 7.11 Å². The molecule has 4 saturated carbocycles. The number of ether oxygens (including phenoxy) is 1. The molecule has 0 unspecified atom stereocenters. The van der Waals surface area contributed by atoms with E-state index >= 15 is 0 Å². The van der Waals surface area contributed by atoms with E-state index in [1.807, 2.05) is 0 Å². The van der Waals surface area contributed by atoms with Crippen LogP contribution in [-0.4, -0.2) is 33.5 Å². The van der Waals surface area contributed by atoms with Gasteiger partial charge in [0, 0.05) is 15.2 Å². The van der Waals surface area contributed by atoms with Gasteiger partial charge in [-0.15, -0.1) is 0 Å². The normalized spacial score (nSPS) is 37.1. The zero-order valence-corrected chi connectivity index (χ0v) is 19.3. The second kappa shape index (κ2) is 5.31. The van der Waals surface area contributed by atoms with Crippen molar-refractivity contribution < 1.29 is 9.53 Å². The smallest absolute Gasteiger partial charge is 0.266 e. The zero-order valence-electron chi connectivity index (χ0n) is 16.3. The molecule has 4 aliphatic rings. The molecule has 0 heterocycles. The van der Waals surface area contributed by atoms with Gasteiger partial charge in [0.25, 0.3) is 5.59 Å². The van der Waals surface area contributed by atoms with Gasteiger partial charge in [-0.05, 0) is 56.3 Å². The first-order chi connectivity index (χ1) is 10.4. The molecule has 0 aromatic rings. The van der Waals surface area contributed by atoms with Gasteiger partial charge in [0.1, 0.15) is 5.60 Å². The quantitative estimate of drug-likeness (QED) is 0.605. The van der Waals surface area contributed by atoms with Crippen molar-refractivity contribution in [1.29, 1.82) is 0 Å². The molecule has 5 heteroatoms. The summed E-state index contributed by atoms with van der Waals surface area (Å²) in [6, 6.07) is 0. The Bertz CT molecular complexity index is 452. The molecular weight excluding hydrogens is 332 g/mol. The molecule has 0 aromatic heterocycles. The second-order valence-corrected chi connectivity index (χ2v) is 39.3. The number of rotatable bonds is 4. The van der Waals surface area contributed by atoms with Crippen LogP contribution in [0.15, 0.2) is 0 Å². The summed E-state index contributed by atoms with van der Waals surface area (Å²) in [5.41, 5.74) is 0.247. The van der Waals surface area contributed by atoms with Gasteiger partial charge in [-0.1, -0.05) is 45.8 Å². The van der Waals surface area contributed by atoms with Crippen LogP contribution in [-0.2, 0) is 4.74 Å². The highest BCUT2D eigenvalue weighted by molar-refractivity contribution is 7.76. The summed E-state index contributed by atoms with van der Waals surface area (Å²) in [7, 11) is -5.03. The van der Waals surface area contributed by atoms with Crippen molar-refractivity contribution in [3.63, 3.8) is 0 Å². The third-order valence-corrected chi connectivity index (χ3v) is 47.3. The van der Waals surface area contributed by atoms with Crippen LogP contribution < -0.4 is 0 Å². The lowest BCUT2D eigenvalue weighted by Crippen LogP contribution is -2.75. The Morgan fingerprint density at radius 2 is 1.13 bits per heavy atom. The molecule has 2 nitrogen and oxygen atoms in total. The minimum absolute atomic E-state index is 0.0562. The highest BCUT2D eigenvalue weighted by Gasteiger charge is 2.61. The summed E-state index contributed by atoms with van der Waals surface area (Å²) >= 11 is 0. The molecule has 0 spiro atoms. The molecule has 4 aliphatic carbocycles. The topological polar surface area (TPSA) is 26.3 Å². The summed E-state index contributed by atoms with van der Waals surface area (Å²) in [6.45, 7) is 16.9. The van der Waals surface area contributed by atoms with Gasteiger partial charge >= 0.3 is 0 Å². The molecule has 132 valence electrons.